The molecule has 0 unspecified atom stereocenters. The van der Waals surface area contributed by atoms with Gasteiger partial charge in [0.05, 0.1) is 13.7 Å². The van der Waals surface area contributed by atoms with Crippen LogP contribution in [0, 0.1) is 11.8 Å². The van der Waals surface area contributed by atoms with Gasteiger partial charge < -0.3 is 20.4 Å². The molecule has 3 aromatic rings. The number of anilines is 1. The molecule has 0 aliphatic rings. The van der Waals surface area contributed by atoms with Crippen LogP contribution in [-0.4, -0.2) is 30.5 Å². The lowest BCUT2D eigenvalue weighted by Crippen LogP contribution is -2.23. The van der Waals surface area contributed by atoms with Gasteiger partial charge in [0.15, 0.2) is 0 Å². The molecule has 1 heterocycles. The smallest absolute Gasteiger partial charge is 0.268 e. The van der Waals surface area contributed by atoms with Crippen LogP contribution < -0.4 is 15.4 Å². The highest BCUT2D eigenvalue weighted by Crippen LogP contribution is 2.21. The van der Waals surface area contributed by atoms with E-state index in [1.807, 2.05) is 30.3 Å². The Balaban J connectivity index is 1.58. The lowest BCUT2D eigenvalue weighted by atomic mass is 10.2. The Labute approximate surface area is 156 Å². The zero-order chi connectivity index (χ0) is 19.2. The van der Waals surface area contributed by atoms with Crippen LogP contribution in [0.25, 0.3) is 10.9 Å². The number of aromatic nitrogens is 1. The minimum atomic E-state index is -0.222. The molecule has 3 N–H and O–H groups in total. The van der Waals surface area contributed by atoms with E-state index in [1.165, 1.54) is 6.92 Å². The summed E-state index contributed by atoms with van der Waals surface area (Å²) < 4.78 is 5.18. The average molecular weight is 361 g/mol. The van der Waals surface area contributed by atoms with E-state index in [1.54, 1.807) is 25.3 Å². The monoisotopic (exact) mass is 361 g/mol. The molecule has 0 saturated heterocycles. The molecular formula is C21H19N3O3. The molecular weight excluding hydrogens is 342 g/mol. The van der Waals surface area contributed by atoms with Crippen molar-refractivity contribution in [2.75, 3.05) is 19.0 Å². The summed E-state index contributed by atoms with van der Waals surface area (Å²) >= 11 is 0. The van der Waals surface area contributed by atoms with Gasteiger partial charge in [0.1, 0.15) is 11.4 Å². The quantitative estimate of drug-likeness (QED) is 0.625. The molecule has 2 amide bonds. The first-order valence-electron chi connectivity index (χ1n) is 8.36. The number of hydrogen-bond donors (Lipinski definition) is 3. The molecule has 136 valence electrons. The fraction of sp³-hybridized carbons (Fsp3) is 0.143. The number of rotatable bonds is 4. The van der Waals surface area contributed by atoms with Gasteiger partial charge in [0.25, 0.3) is 5.91 Å². The Hall–Kier alpha value is -3.72. The first-order valence-corrected chi connectivity index (χ1v) is 8.36. The minimum absolute atomic E-state index is 0.119. The second-order valence-electron chi connectivity index (χ2n) is 5.88. The molecule has 0 radical (unpaired) electrons. The minimum Gasteiger partial charge on any atom is -0.497 e. The highest BCUT2D eigenvalue weighted by atomic mass is 16.5. The predicted octanol–water partition coefficient (Wildman–Crippen LogP) is 2.92. The number of hydrogen-bond acceptors (Lipinski definition) is 3. The molecule has 27 heavy (non-hydrogen) atoms. The normalized spacial score (nSPS) is 10.0. The molecule has 0 spiro atoms. The standard InChI is InChI=1S/C21H19N3O3/c1-14(25)23-17-8-5-15(6-9-17)4-3-11-22-21(26)20-12-16-7-10-18(27-2)13-19(16)24-20/h5-10,12-13,24H,11H2,1-2H3,(H,22,26)(H,23,25). The third-order valence-electron chi connectivity index (χ3n) is 3.85. The highest BCUT2D eigenvalue weighted by Gasteiger charge is 2.09. The number of aromatic amines is 1. The topological polar surface area (TPSA) is 83.2 Å². The van der Waals surface area contributed by atoms with Crippen LogP contribution >= 0.6 is 0 Å². The molecule has 0 atom stereocenters. The molecule has 0 bridgehead atoms. The van der Waals surface area contributed by atoms with Crippen molar-refractivity contribution in [3.8, 4) is 17.6 Å². The maximum absolute atomic E-state index is 12.2. The van der Waals surface area contributed by atoms with Gasteiger partial charge in [-0.1, -0.05) is 11.8 Å². The van der Waals surface area contributed by atoms with E-state index < -0.39 is 0 Å². The van der Waals surface area contributed by atoms with Gasteiger partial charge in [-0.25, -0.2) is 0 Å². The van der Waals surface area contributed by atoms with Crippen LogP contribution in [0.1, 0.15) is 23.0 Å². The van der Waals surface area contributed by atoms with Crippen molar-refractivity contribution in [1.29, 1.82) is 0 Å². The molecule has 0 aliphatic carbocycles. The average Bonchev–Trinajstić information content (AvgIpc) is 3.09. The molecule has 3 rings (SSSR count). The summed E-state index contributed by atoms with van der Waals surface area (Å²) in [6, 6.07) is 14.6. The van der Waals surface area contributed by atoms with Crippen molar-refractivity contribution in [3.63, 3.8) is 0 Å². The number of ether oxygens (including phenoxy) is 1. The summed E-state index contributed by atoms with van der Waals surface area (Å²) in [5.74, 6) is 6.27. The summed E-state index contributed by atoms with van der Waals surface area (Å²) in [6.07, 6.45) is 0. The van der Waals surface area contributed by atoms with Crippen LogP contribution in [-0.2, 0) is 4.79 Å². The maximum Gasteiger partial charge on any atom is 0.268 e. The zero-order valence-corrected chi connectivity index (χ0v) is 15.1. The Morgan fingerprint density at radius 1 is 1.11 bits per heavy atom. The molecule has 0 saturated carbocycles. The van der Waals surface area contributed by atoms with Gasteiger partial charge >= 0.3 is 0 Å². The third kappa shape index (κ3) is 4.67. The Bertz CT molecular complexity index is 1040. The second kappa shape index (κ2) is 8.11. The number of carbonyl (C=O) groups excluding carboxylic acids is 2. The van der Waals surface area contributed by atoms with Gasteiger partial charge in [-0.3, -0.25) is 9.59 Å². The predicted molar refractivity (Wildman–Crippen MR) is 105 cm³/mol. The van der Waals surface area contributed by atoms with Crippen molar-refractivity contribution in [3.05, 3.63) is 59.8 Å². The number of benzene rings is 2. The molecule has 1 aromatic heterocycles. The fourth-order valence-electron chi connectivity index (χ4n) is 2.56. The number of fused-ring (bicyclic) bond motifs is 1. The molecule has 6 nitrogen and oxygen atoms in total. The van der Waals surface area contributed by atoms with E-state index in [-0.39, 0.29) is 18.4 Å². The van der Waals surface area contributed by atoms with E-state index in [0.717, 1.165) is 27.9 Å². The summed E-state index contributed by atoms with van der Waals surface area (Å²) in [6.45, 7) is 1.69. The Morgan fingerprint density at radius 3 is 2.59 bits per heavy atom. The van der Waals surface area contributed by atoms with E-state index in [2.05, 4.69) is 27.5 Å². The van der Waals surface area contributed by atoms with E-state index >= 15 is 0 Å². The van der Waals surface area contributed by atoms with Crippen molar-refractivity contribution in [2.24, 2.45) is 0 Å². The van der Waals surface area contributed by atoms with Gasteiger partial charge in [0.2, 0.25) is 5.91 Å². The SMILES string of the molecule is COc1ccc2cc(C(=O)NCC#Cc3ccc(NC(C)=O)cc3)[nH]c2c1. The van der Waals surface area contributed by atoms with Crippen LogP contribution in [0.4, 0.5) is 5.69 Å². The summed E-state index contributed by atoms with van der Waals surface area (Å²) in [5, 5.41) is 6.40. The maximum atomic E-state index is 12.2. The fourth-order valence-corrected chi connectivity index (χ4v) is 2.56. The lowest BCUT2D eigenvalue weighted by molar-refractivity contribution is -0.114. The molecule has 0 aliphatic heterocycles. The zero-order valence-electron chi connectivity index (χ0n) is 15.1. The van der Waals surface area contributed by atoms with Crippen LogP contribution in [0.3, 0.4) is 0 Å². The Morgan fingerprint density at radius 2 is 1.89 bits per heavy atom. The van der Waals surface area contributed by atoms with E-state index in [4.69, 9.17) is 4.74 Å². The summed E-state index contributed by atoms with van der Waals surface area (Å²) in [5.41, 5.74) is 2.83. The van der Waals surface area contributed by atoms with Gasteiger partial charge in [0, 0.05) is 35.1 Å². The number of methoxy groups -OCH3 is 1. The lowest BCUT2D eigenvalue weighted by Gasteiger charge is -2.00. The van der Waals surface area contributed by atoms with Crippen molar-refractivity contribution in [2.45, 2.75) is 6.92 Å². The molecule has 6 heteroatoms. The van der Waals surface area contributed by atoms with Gasteiger partial charge in [-0.15, -0.1) is 0 Å². The van der Waals surface area contributed by atoms with Gasteiger partial charge in [-0.05, 0) is 42.5 Å². The van der Waals surface area contributed by atoms with Crippen LogP contribution in [0.5, 0.6) is 5.75 Å². The van der Waals surface area contributed by atoms with Crippen LogP contribution in [0.2, 0.25) is 0 Å². The first-order chi connectivity index (χ1) is 13.0. The highest BCUT2D eigenvalue weighted by molar-refractivity contribution is 5.98. The second-order valence-corrected chi connectivity index (χ2v) is 5.88. The summed E-state index contributed by atoms with van der Waals surface area (Å²) in [4.78, 5) is 26.3. The van der Waals surface area contributed by atoms with Crippen molar-refractivity contribution in [1.82, 2.24) is 10.3 Å². The van der Waals surface area contributed by atoms with Crippen molar-refractivity contribution >= 4 is 28.4 Å². The van der Waals surface area contributed by atoms with E-state index in [0.29, 0.717) is 5.69 Å². The number of amides is 2. The van der Waals surface area contributed by atoms with Gasteiger partial charge in [-0.2, -0.15) is 0 Å². The molecule has 2 aromatic carbocycles. The third-order valence-corrected chi connectivity index (χ3v) is 3.85. The van der Waals surface area contributed by atoms with Crippen molar-refractivity contribution < 1.29 is 14.3 Å². The van der Waals surface area contributed by atoms with E-state index in [9.17, 15) is 9.59 Å². The van der Waals surface area contributed by atoms with Crippen LogP contribution in [0.15, 0.2) is 48.5 Å². The number of carbonyl (C=O) groups is 2. The summed E-state index contributed by atoms with van der Waals surface area (Å²) in [7, 11) is 1.60. The Kier molecular flexibility index (Phi) is 5.43. The largest absolute Gasteiger partial charge is 0.497 e. The first kappa shape index (κ1) is 18.1. The molecule has 0 fully saturated rings. The number of H-pyrrole nitrogens is 1. The number of nitrogens with one attached hydrogen (secondary N) is 3.